The molecule has 16 heavy (non-hydrogen) atoms. The molecule has 90 valence electrons. The van der Waals surface area contributed by atoms with Crippen LogP contribution in [0, 0.1) is 5.82 Å². The first-order valence-electron chi connectivity index (χ1n) is 4.50. The first-order chi connectivity index (χ1) is 7.35. The molecule has 2 nitrogen and oxygen atoms in total. The molecule has 0 amide bonds. The zero-order valence-electron chi connectivity index (χ0n) is 8.51. The molecule has 2 N–H and O–H groups in total. The van der Waals surface area contributed by atoms with Crippen molar-refractivity contribution in [3.8, 4) is 5.75 Å². The Labute approximate surface area is 90.0 Å². The molecule has 0 fully saturated rings. The zero-order valence-corrected chi connectivity index (χ0v) is 8.51. The molecule has 0 saturated carbocycles. The number of rotatable bonds is 3. The number of benzene rings is 1. The Balaban J connectivity index is 3.02. The molecule has 6 heteroatoms. The molecule has 0 spiro atoms. The van der Waals surface area contributed by atoms with E-state index in [0.717, 1.165) is 6.07 Å². The summed E-state index contributed by atoms with van der Waals surface area (Å²) in [5.74, 6) is -0.771. The van der Waals surface area contributed by atoms with Crippen LogP contribution in [0.2, 0.25) is 0 Å². The molecule has 0 saturated heterocycles. The Morgan fingerprint density at radius 2 is 2.00 bits per heavy atom. The van der Waals surface area contributed by atoms with E-state index in [9.17, 15) is 17.6 Å². The number of halogens is 4. The van der Waals surface area contributed by atoms with E-state index in [1.165, 1.54) is 19.2 Å². The van der Waals surface area contributed by atoms with Gasteiger partial charge in [-0.2, -0.15) is 13.2 Å². The van der Waals surface area contributed by atoms with Gasteiger partial charge in [-0.15, -0.1) is 0 Å². The average Bonchev–Trinajstić information content (AvgIpc) is 2.14. The van der Waals surface area contributed by atoms with Crippen molar-refractivity contribution in [1.82, 2.24) is 0 Å². The van der Waals surface area contributed by atoms with Crippen molar-refractivity contribution >= 4 is 0 Å². The summed E-state index contributed by atoms with van der Waals surface area (Å²) in [6.07, 6.45) is -5.73. The second-order valence-electron chi connectivity index (χ2n) is 3.28. The highest BCUT2D eigenvalue weighted by molar-refractivity contribution is 5.37. The molecular weight excluding hydrogens is 226 g/mol. The molecule has 0 heterocycles. The largest absolute Gasteiger partial charge is 0.496 e. The van der Waals surface area contributed by atoms with Crippen LogP contribution >= 0.6 is 0 Å². The van der Waals surface area contributed by atoms with Crippen molar-refractivity contribution in [3.05, 3.63) is 29.6 Å². The summed E-state index contributed by atoms with van der Waals surface area (Å²) in [5, 5.41) is 0. The number of alkyl halides is 3. The fraction of sp³-hybridized carbons (Fsp3) is 0.400. The van der Waals surface area contributed by atoms with Crippen LogP contribution in [-0.4, -0.2) is 13.3 Å². The van der Waals surface area contributed by atoms with E-state index in [0.29, 0.717) is 0 Å². The lowest BCUT2D eigenvalue weighted by Gasteiger charge is -2.17. The van der Waals surface area contributed by atoms with E-state index in [1.54, 1.807) is 0 Å². The van der Waals surface area contributed by atoms with E-state index in [1.807, 2.05) is 0 Å². The van der Waals surface area contributed by atoms with Gasteiger partial charge >= 0.3 is 6.18 Å². The monoisotopic (exact) mass is 237 g/mol. The predicted molar refractivity (Wildman–Crippen MR) is 50.6 cm³/mol. The molecular formula is C10H11F4NO. The fourth-order valence-electron chi connectivity index (χ4n) is 1.41. The van der Waals surface area contributed by atoms with Crippen LogP contribution < -0.4 is 10.5 Å². The Hall–Kier alpha value is -1.30. The first-order valence-corrected chi connectivity index (χ1v) is 4.50. The minimum atomic E-state index is -4.44. The summed E-state index contributed by atoms with van der Waals surface area (Å²) >= 11 is 0. The van der Waals surface area contributed by atoms with Crippen LogP contribution in [0.15, 0.2) is 18.2 Å². The molecule has 0 aliphatic rings. The van der Waals surface area contributed by atoms with Gasteiger partial charge in [-0.1, -0.05) is 6.07 Å². The van der Waals surface area contributed by atoms with Gasteiger partial charge in [0.1, 0.15) is 11.6 Å². The van der Waals surface area contributed by atoms with Crippen molar-refractivity contribution in [1.29, 1.82) is 0 Å². The van der Waals surface area contributed by atoms with Crippen LogP contribution in [0.5, 0.6) is 5.75 Å². The van der Waals surface area contributed by atoms with Gasteiger partial charge in [-0.05, 0) is 12.1 Å². The summed E-state index contributed by atoms with van der Waals surface area (Å²) in [5.41, 5.74) is 5.07. The van der Waals surface area contributed by atoms with Crippen LogP contribution in [0.4, 0.5) is 17.6 Å². The van der Waals surface area contributed by atoms with Crippen LogP contribution in [0.1, 0.15) is 18.0 Å². The van der Waals surface area contributed by atoms with E-state index >= 15 is 0 Å². The Morgan fingerprint density at radius 1 is 1.38 bits per heavy atom. The second-order valence-corrected chi connectivity index (χ2v) is 3.28. The van der Waals surface area contributed by atoms with Crippen LogP contribution in [0.3, 0.4) is 0 Å². The molecule has 0 aliphatic carbocycles. The molecule has 0 unspecified atom stereocenters. The van der Waals surface area contributed by atoms with Crippen LogP contribution in [0.25, 0.3) is 0 Å². The van der Waals surface area contributed by atoms with Crippen molar-refractivity contribution in [2.75, 3.05) is 7.11 Å². The third-order valence-electron chi connectivity index (χ3n) is 2.05. The third kappa shape index (κ3) is 3.10. The van der Waals surface area contributed by atoms with E-state index in [-0.39, 0.29) is 11.3 Å². The van der Waals surface area contributed by atoms with Gasteiger partial charge in [-0.25, -0.2) is 4.39 Å². The fourth-order valence-corrected chi connectivity index (χ4v) is 1.41. The van der Waals surface area contributed by atoms with Gasteiger partial charge in [0.2, 0.25) is 0 Å². The highest BCUT2D eigenvalue weighted by Crippen LogP contribution is 2.33. The highest BCUT2D eigenvalue weighted by atomic mass is 19.4. The van der Waals surface area contributed by atoms with Gasteiger partial charge in [0.25, 0.3) is 0 Å². The third-order valence-corrected chi connectivity index (χ3v) is 2.05. The lowest BCUT2D eigenvalue weighted by molar-refractivity contribution is -0.138. The Morgan fingerprint density at radius 3 is 2.50 bits per heavy atom. The number of nitrogens with two attached hydrogens (primary N) is 1. The second kappa shape index (κ2) is 4.69. The standard InChI is InChI=1S/C10H11F4NO/c1-16-8-4-2-3-6(11)9(8)7(15)5-10(12,13)14/h2-4,7H,5,15H2,1H3/t7-/m0/s1. The summed E-state index contributed by atoms with van der Waals surface area (Å²) in [6.45, 7) is 0. The Kier molecular flexibility index (Phi) is 3.74. The molecule has 0 bridgehead atoms. The van der Waals surface area contributed by atoms with Crippen molar-refractivity contribution < 1.29 is 22.3 Å². The van der Waals surface area contributed by atoms with E-state index in [4.69, 9.17) is 10.5 Å². The van der Waals surface area contributed by atoms with Gasteiger partial charge < -0.3 is 10.5 Å². The number of hydrogen-bond donors (Lipinski definition) is 1. The maximum atomic E-state index is 13.3. The number of hydrogen-bond acceptors (Lipinski definition) is 2. The Bertz CT molecular complexity index is 364. The molecule has 1 aromatic carbocycles. The normalized spacial score (nSPS) is 13.6. The topological polar surface area (TPSA) is 35.2 Å². The predicted octanol–water partition coefficient (Wildman–Crippen LogP) is 2.79. The zero-order chi connectivity index (χ0) is 12.3. The smallest absolute Gasteiger partial charge is 0.390 e. The molecule has 0 radical (unpaired) electrons. The van der Waals surface area contributed by atoms with Crippen molar-refractivity contribution in [3.63, 3.8) is 0 Å². The molecule has 1 atom stereocenters. The van der Waals surface area contributed by atoms with Gasteiger partial charge in [0.15, 0.2) is 0 Å². The van der Waals surface area contributed by atoms with Crippen molar-refractivity contribution in [2.24, 2.45) is 5.73 Å². The minimum absolute atomic E-state index is 0.0248. The van der Waals surface area contributed by atoms with Crippen molar-refractivity contribution in [2.45, 2.75) is 18.6 Å². The molecule has 1 rings (SSSR count). The lowest BCUT2D eigenvalue weighted by Crippen LogP contribution is -2.21. The summed E-state index contributed by atoms with van der Waals surface area (Å²) in [7, 11) is 1.25. The van der Waals surface area contributed by atoms with E-state index < -0.39 is 24.5 Å². The molecule has 1 aromatic rings. The lowest BCUT2D eigenvalue weighted by atomic mass is 10.0. The minimum Gasteiger partial charge on any atom is -0.496 e. The number of ether oxygens (including phenoxy) is 1. The maximum Gasteiger partial charge on any atom is 0.390 e. The van der Waals surface area contributed by atoms with Gasteiger partial charge in [-0.3, -0.25) is 0 Å². The summed E-state index contributed by atoms with van der Waals surface area (Å²) in [6, 6.07) is 2.30. The van der Waals surface area contributed by atoms with Gasteiger partial charge in [0, 0.05) is 11.6 Å². The van der Waals surface area contributed by atoms with E-state index in [2.05, 4.69) is 0 Å². The van der Waals surface area contributed by atoms with Gasteiger partial charge in [0.05, 0.1) is 13.5 Å². The quantitative estimate of drug-likeness (QED) is 0.820. The van der Waals surface area contributed by atoms with Crippen LogP contribution in [-0.2, 0) is 0 Å². The summed E-state index contributed by atoms with van der Waals surface area (Å²) < 4.78 is 54.5. The summed E-state index contributed by atoms with van der Waals surface area (Å²) in [4.78, 5) is 0. The molecule has 0 aromatic heterocycles. The highest BCUT2D eigenvalue weighted by Gasteiger charge is 2.33. The molecule has 0 aliphatic heterocycles. The first kappa shape index (κ1) is 12.8. The average molecular weight is 237 g/mol. The maximum absolute atomic E-state index is 13.3. The number of methoxy groups -OCH3 is 1. The SMILES string of the molecule is COc1cccc(F)c1[C@@H](N)CC(F)(F)F.